The predicted octanol–water partition coefficient (Wildman–Crippen LogP) is 2.77. The summed E-state index contributed by atoms with van der Waals surface area (Å²) in [4.78, 5) is 30.5. The lowest BCUT2D eigenvalue weighted by Gasteiger charge is -2.31. The van der Waals surface area contributed by atoms with Gasteiger partial charge in [0.1, 0.15) is 0 Å². The first kappa shape index (κ1) is 22.0. The first-order chi connectivity index (χ1) is 14.6. The van der Waals surface area contributed by atoms with E-state index in [0.717, 1.165) is 50.2 Å². The average molecular weight is 413 g/mol. The smallest absolute Gasteiger partial charge is 0.234 e. The molecule has 1 fully saturated rings. The van der Waals surface area contributed by atoms with Gasteiger partial charge in [0.2, 0.25) is 11.8 Å². The summed E-state index contributed by atoms with van der Waals surface area (Å²) in [7, 11) is 0. The van der Waals surface area contributed by atoms with Gasteiger partial charge in [-0.2, -0.15) is 0 Å². The van der Waals surface area contributed by atoms with Gasteiger partial charge in [-0.1, -0.05) is 37.3 Å². The van der Waals surface area contributed by atoms with Crippen LogP contribution in [0.25, 0.3) is 11.3 Å². The summed E-state index contributed by atoms with van der Waals surface area (Å²) in [5, 5.41) is 6.03. The van der Waals surface area contributed by atoms with Gasteiger partial charge in [0.25, 0.3) is 0 Å². The van der Waals surface area contributed by atoms with Crippen molar-refractivity contribution in [1.82, 2.24) is 20.5 Å². The predicted molar refractivity (Wildman–Crippen MR) is 116 cm³/mol. The van der Waals surface area contributed by atoms with Gasteiger partial charge in [-0.25, -0.2) is 4.98 Å². The van der Waals surface area contributed by atoms with Gasteiger partial charge < -0.3 is 15.1 Å². The maximum absolute atomic E-state index is 12.3. The van der Waals surface area contributed by atoms with Crippen LogP contribution in [-0.4, -0.2) is 53.9 Å². The molecule has 0 bridgehead atoms. The van der Waals surface area contributed by atoms with Crippen molar-refractivity contribution in [2.45, 2.75) is 51.5 Å². The molecule has 30 heavy (non-hydrogen) atoms. The Kier molecular flexibility index (Phi) is 8.44. The van der Waals surface area contributed by atoms with Crippen molar-refractivity contribution < 1.29 is 14.0 Å². The van der Waals surface area contributed by atoms with Crippen molar-refractivity contribution in [3.63, 3.8) is 0 Å². The normalized spacial score (nSPS) is 15.1. The number of oxazole rings is 1. The summed E-state index contributed by atoms with van der Waals surface area (Å²) < 4.78 is 5.79. The van der Waals surface area contributed by atoms with Crippen molar-refractivity contribution in [2.75, 3.05) is 26.2 Å². The zero-order chi connectivity index (χ0) is 21.2. The van der Waals surface area contributed by atoms with E-state index in [1.807, 2.05) is 37.3 Å². The number of carbonyl (C=O) groups excluding carboxylic acids is 2. The molecular formula is C23H32N4O3. The molecule has 0 atom stereocenters. The Balaban J connectivity index is 1.31. The van der Waals surface area contributed by atoms with Crippen LogP contribution in [0, 0.1) is 0 Å². The molecule has 1 aliphatic rings. The zero-order valence-electron chi connectivity index (χ0n) is 17.7. The van der Waals surface area contributed by atoms with Crippen LogP contribution >= 0.6 is 0 Å². The van der Waals surface area contributed by atoms with Gasteiger partial charge in [0.05, 0.1) is 12.7 Å². The second-order valence-corrected chi connectivity index (χ2v) is 7.81. The van der Waals surface area contributed by atoms with E-state index in [0.29, 0.717) is 31.7 Å². The molecule has 1 aromatic heterocycles. The summed E-state index contributed by atoms with van der Waals surface area (Å²) in [5.74, 6) is 1.58. The second-order valence-electron chi connectivity index (χ2n) is 7.81. The van der Waals surface area contributed by atoms with E-state index < -0.39 is 0 Å². The van der Waals surface area contributed by atoms with Gasteiger partial charge in [0.15, 0.2) is 11.7 Å². The van der Waals surface area contributed by atoms with E-state index in [9.17, 15) is 9.59 Å². The number of hydrogen-bond donors (Lipinski definition) is 2. The number of aryl methyl sites for hydroxylation is 1. The average Bonchev–Trinajstić information content (AvgIpc) is 3.23. The van der Waals surface area contributed by atoms with Crippen LogP contribution in [0.15, 0.2) is 40.9 Å². The molecule has 3 rings (SSSR count). The monoisotopic (exact) mass is 412 g/mol. The number of hydrogen-bond acceptors (Lipinski definition) is 5. The van der Waals surface area contributed by atoms with E-state index in [1.54, 1.807) is 6.20 Å². The molecule has 0 saturated carbocycles. The number of aromatic nitrogens is 1. The summed E-state index contributed by atoms with van der Waals surface area (Å²) in [6.07, 6.45) is 6.26. The molecule has 1 aliphatic heterocycles. The Bertz CT molecular complexity index is 798. The van der Waals surface area contributed by atoms with E-state index in [2.05, 4.69) is 20.5 Å². The lowest BCUT2D eigenvalue weighted by atomic mass is 10.0. The van der Waals surface area contributed by atoms with Crippen LogP contribution in [-0.2, 0) is 16.0 Å². The fourth-order valence-corrected chi connectivity index (χ4v) is 3.62. The number of piperidine rings is 1. The quantitative estimate of drug-likeness (QED) is 0.627. The first-order valence-corrected chi connectivity index (χ1v) is 10.9. The minimum absolute atomic E-state index is 0.0731. The molecule has 2 heterocycles. The van der Waals surface area contributed by atoms with E-state index in [4.69, 9.17) is 4.42 Å². The Morgan fingerprint density at radius 3 is 2.67 bits per heavy atom. The third kappa shape index (κ3) is 6.99. The number of benzene rings is 1. The second kappa shape index (κ2) is 11.5. The molecule has 1 aromatic carbocycles. The number of nitrogens with zero attached hydrogens (tertiary/aromatic N) is 2. The summed E-state index contributed by atoms with van der Waals surface area (Å²) in [5.41, 5.74) is 1.00. The molecule has 0 aliphatic carbocycles. The van der Waals surface area contributed by atoms with Gasteiger partial charge in [-0.3, -0.25) is 14.5 Å². The fourth-order valence-electron chi connectivity index (χ4n) is 3.62. The van der Waals surface area contributed by atoms with Crippen molar-refractivity contribution in [3.05, 3.63) is 42.4 Å². The van der Waals surface area contributed by atoms with Crippen molar-refractivity contribution in [1.29, 1.82) is 0 Å². The number of carbonyl (C=O) groups is 2. The molecule has 7 nitrogen and oxygen atoms in total. The molecule has 2 amide bonds. The molecule has 2 N–H and O–H groups in total. The Hall–Kier alpha value is -2.67. The molecule has 0 spiro atoms. The standard InChI is InChI=1S/C23H32N4O3/c1-2-13-24-22(29)17-27-14-11-19(12-15-27)26-21(28)9-6-10-23-25-16-20(30-23)18-7-4-3-5-8-18/h3-5,7-8,16,19H,2,6,9-15,17H2,1H3,(H,24,29)(H,26,28). The minimum Gasteiger partial charge on any atom is -0.441 e. The van der Waals surface area contributed by atoms with Gasteiger partial charge in [-0.15, -0.1) is 0 Å². The molecule has 0 unspecified atom stereocenters. The molecule has 162 valence electrons. The van der Waals surface area contributed by atoms with E-state index >= 15 is 0 Å². The van der Waals surface area contributed by atoms with Crippen LogP contribution < -0.4 is 10.6 Å². The van der Waals surface area contributed by atoms with Crippen molar-refractivity contribution in [2.24, 2.45) is 0 Å². The Morgan fingerprint density at radius 2 is 1.93 bits per heavy atom. The SMILES string of the molecule is CCCNC(=O)CN1CCC(NC(=O)CCCc2ncc(-c3ccccc3)o2)CC1. The number of rotatable bonds is 10. The molecule has 0 radical (unpaired) electrons. The highest BCUT2D eigenvalue weighted by Crippen LogP contribution is 2.20. The van der Waals surface area contributed by atoms with Crippen LogP contribution in [0.1, 0.15) is 44.9 Å². The van der Waals surface area contributed by atoms with Crippen molar-refractivity contribution >= 4 is 11.8 Å². The lowest BCUT2D eigenvalue weighted by molar-refractivity contribution is -0.124. The van der Waals surface area contributed by atoms with Crippen LogP contribution in [0.3, 0.4) is 0 Å². The minimum atomic E-state index is 0.0731. The summed E-state index contributed by atoms with van der Waals surface area (Å²) in [6, 6.07) is 10.1. The van der Waals surface area contributed by atoms with Gasteiger partial charge in [0, 0.05) is 44.1 Å². The summed E-state index contributed by atoms with van der Waals surface area (Å²) in [6.45, 7) is 4.89. The number of nitrogens with one attached hydrogen (secondary N) is 2. The lowest BCUT2D eigenvalue weighted by Crippen LogP contribution is -2.47. The van der Waals surface area contributed by atoms with Crippen LogP contribution in [0.2, 0.25) is 0 Å². The maximum atomic E-state index is 12.3. The Labute approximate surface area is 178 Å². The highest BCUT2D eigenvalue weighted by molar-refractivity contribution is 5.78. The highest BCUT2D eigenvalue weighted by atomic mass is 16.4. The van der Waals surface area contributed by atoms with Crippen LogP contribution in [0.5, 0.6) is 0 Å². The molecule has 2 aromatic rings. The van der Waals surface area contributed by atoms with Gasteiger partial charge in [-0.05, 0) is 25.7 Å². The number of likely N-dealkylation sites (tertiary alicyclic amines) is 1. The highest BCUT2D eigenvalue weighted by Gasteiger charge is 2.22. The van der Waals surface area contributed by atoms with Crippen molar-refractivity contribution in [3.8, 4) is 11.3 Å². The topological polar surface area (TPSA) is 87.5 Å². The van der Waals surface area contributed by atoms with E-state index in [1.165, 1.54) is 0 Å². The van der Waals surface area contributed by atoms with Gasteiger partial charge >= 0.3 is 0 Å². The largest absolute Gasteiger partial charge is 0.441 e. The number of amides is 2. The summed E-state index contributed by atoms with van der Waals surface area (Å²) >= 11 is 0. The maximum Gasteiger partial charge on any atom is 0.234 e. The molecular weight excluding hydrogens is 380 g/mol. The van der Waals surface area contributed by atoms with E-state index in [-0.39, 0.29) is 17.9 Å². The third-order valence-electron chi connectivity index (χ3n) is 5.30. The zero-order valence-corrected chi connectivity index (χ0v) is 17.7. The molecule has 1 saturated heterocycles. The fraction of sp³-hybridized carbons (Fsp3) is 0.522. The Morgan fingerprint density at radius 1 is 1.17 bits per heavy atom. The molecule has 7 heteroatoms. The third-order valence-corrected chi connectivity index (χ3v) is 5.30. The first-order valence-electron chi connectivity index (χ1n) is 10.9. The van der Waals surface area contributed by atoms with Crippen LogP contribution in [0.4, 0.5) is 0 Å².